The summed E-state index contributed by atoms with van der Waals surface area (Å²) in [6, 6.07) is 2.70. The highest BCUT2D eigenvalue weighted by molar-refractivity contribution is 8.00. The van der Waals surface area contributed by atoms with E-state index in [0.29, 0.717) is 17.0 Å². The van der Waals surface area contributed by atoms with Crippen LogP contribution in [0.25, 0.3) is 5.65 Å². The molecule has 3 aromatic rings. The number of anilines is 1. The van der Waals surface area contributed by atoms with E-state index in [-0.39, 0.29) is 28.8 Å². The fourth-order valence-corrected chi connectivity index (χ4v) is 6.23. The molecule has 0 unspecified atom stereocenters. The quantitative estimate of drug-likeness (QED) is 0.104. The van der Waals surface area contributed by atoms with E-state index >= 15 is 0 Å². The van der Waals surface area contributed by atoms with Gasteiger partial charge in [0.1, 0.15) is 35.8 Å². The number of nitrogen functional groups attached to an aromatic ring is 1. The number of oxime groups is 1. The molecule has 1 fully saturated rings. The molecule has 0 aromatic carbocycles. The molecule has 0 aliphatic carbocycles. The number of aliphatic carboxylic acids is 1. The summed E-state index contributed by atoms with van der Waals surface area (Å²) in [6.45, 7) is 0.170. The number of nitrogens with one attached hydrogen (secondary N) is 1. The number of rotatable bonds is 8. The Bertz CT molecular complexity index is 1480. The predicted octanol–water partition coefficient (Wildman–Crippen LogP) is -1.77. The van der Waals surface area contributed by atoms with Crippen LogP contribution < -0.4 is 20.8 Å². The number of amides is 2. The van der Waals surface area contributed by atoms with Gasteiger partial charge in [0.05, 0.1) is 11.7 Å². The number of aromatic nitrogens is 5. The molecule has 0 bridgehead atoms. The Kier molecular flexibility index (Phi) is 6.74. The number of nitrogens with zero attached hydrogens (tertiary/aromatic N) is 7. The number of hydrogen-bond acceptors (Lipinski definition) is 13. The Morgan fingerprint density at radius 3 is 2.92 bits per heavy atom. The lowest BCUT2D eigenvalue weighted by molar-refractivity contribution is -0.645. The molecule has 17 heteroatoms. The van der Waals surface area contributed by atoms with Crippen molar-refractivity contribution in [2.45, 2.75) is 23.0 Å². The van der Waals surface area contributed by atoms with Gasteiger partial charge in [-0.2, -0.15) is 0 Å². The van der Waals surface area contributed by atoms with Crippen molar-refractivity contribution in [3.05, 3.63) is 40.8 Å². The van der Waals surface area contributed by atoms with Gasteiger partial charge in [-0.25, -0.2) is 9.55 Å². The first-order valence-electron chi connectivity index (χ1n) is 10.6. The largest absolute Gasteiger partial charge is 0.543 e. The molecule has 2 aliphatic heterocycles. The zero-order valence-electron chi connectivity index (χ0n) is 19.4. The van der Waals surface area contributed by atoms with Crippen molar-refractivity contribution in [2.24, 2.45) is 5.16 Å². The minimum atomic E-state index is -1.47. The second-order valence-electron chi connectivity index (χ2n) is 7.78. The zero-order chi connectivity index (χ0) is 26.3. The molecule has 5 rings (SSSR count). The first-order chi connectivity index (χ1) is 17.8. The van der Waals surface area contributed by atoms with E-state index in [9.17, 15) is 19.5 Å². The molecule has 3 N–H and O–H groups in total. The highest BCUT2D eigenvalue weighted by Crippen LogP contribution is 2.40. The van der Waals surface area contributed by atoms with Gasteiger partial charge in [-0.3, -0.25) is 14.5 Å². The number of carboxylic acid groups (broad SMARTS) is 1. The normalized spacial score (nSPS) is 19.6. The smallest absolute Gasteiger partial charge is 0.331 e. The van der Waals surface area contributed by atoms with Gasteiger partial charge in [0, 0.05) is 27.4 Å². The van der Waals surface area contributed by atoms with Crippen LogP contribution in [-0.2, 0) is 25.8 Å². The Morgan fingerprint density at radius 1 is 1.43 bits per heavy atom. The van der Waals surface area contributed by atoms with Gasteiger partial charge < -0.3 is 25.8 Å². The number of thioether (sulfide) groups is 2. The molecule has 14 nitrogen and oxygen atoms in total. The summed E-state index contributed by atoms with van der Waals surface area (Å²) in [5.74, 6) is -2.45. The topological polar surface area (TPSA) is 185 Å². The minimum absolute atomic E-state index is 0.151. The van der Waals surface area contributed by atoms with E-state index in [4.69, 9.17) is 10.6 Å². The highest BCUT2D eigenvalue weighted by atomic mass is 32.2. The maximum Gasteiger partial charge on any atom is 0.331 e. The standard InChI is InChI=1S/C20H19N9O5S3/c1-34-26-13(10-7-37-20(21)23-10)16(30)24-14-17(31)28-15(19(32)33)9(6-36-18(14)28)5-27-8-22-29-12(27)4-3-11(25-29)35-2/h3-4,7-8,14,18H,5-6H2,1-2H3,(H3-,21,23,24,30,32,33)/b26-13-/t14-,18-/m1/s1. The Balaban J connectivity index is 1.37. The van der Waals surface area contributed by atoms with Crippen LogP contribution in [0.2, 0.25) is 0 Å². The van der Waals surface area contributed by atoms with Crippen molar-refractivity contribution >= 4 is 69.1 Å². The van der Waals surface area contributed by atoms with E-state index in [0.717, 1.165) is 21.3 Å². The number of fused-ring (bicyclic) bond motifs is 2. The van der Waals surface area contributed by atoms with Crippen molar-refractivity contribution < 1.29 is 29.0 Å². The predicted molar refractivity (Wildman–Crippen MR) is 132 cm³/mol. The molecule has 0 radical (unpaired) electrons. The summed E-state index contributed by atoms with van der Waals surface area (Å²) in [5, 5.41) is 29.0. The van der Waals surface area contributed by atoms with E-state index in [1.165, 1.54) is 40.6 Å². The monoisotopic (exact) mass is 561 g/mol. The zero-order valence-corrected chi connectivity index (χ0v) is 21.8. The molecule has 2 amide bonds. The van der Waals surface area contributed by atoms with Crippen molar-refractivity contribution in [3.63, 3.8) is 0 Å². The minimum Gasteiger partial charge on any atom is -0.543 e. The summed E-state index contributed by atoms with van der Waals surface area (Å²) in [5.41, 5.74) is 6.62. The number of carboxylic acids is 1. The molecular formula is C20H19N9O5S3. The maximum absolute atomic E-state index is 13.0. The van der Waals surface area contributed by atoms with Crippen LogP contribution in [0.4, 0.5) is 5.13 Å². The number of β-lactam (4-membered cyclic amide) rings is 1. The lowest BCUT2D eigenvalue weighted by atomic mass is 10.0. The first kappa shape index (κ1) is 25.0. The van der Waals surface area contributed by atoms with Gasteiger partial charge in [-0.05, 0) is 22.5 Å². The fraction of sp³-hybridized carbons (Fsp3) is 0.300. The van der Waals surface area contributed by atoms with Crippen molar-refractivity contribution in [1.29, 1.82) is 0 Å². The van der Waals surface area contributed by atoms with E-state index in [2.05, 4.69) is 25.7 Å². The van der Waals surface area contributed by atoms with Crippen LogP contribution in [0.15, 0.2) is 45.3 Å². The number of nitrogens with two attached hydrogens (primary N) is 1. The van der Waals surface area contributed by atoms with E-state index in [1.807, 2.05) is 18.4 Å². The van der Waals surface area contributed by atoms with Gasteiger partial charge in [-0.15, -0.1) is 34.9 Å². The van der Waals surface area contributed by atoms with E-state index in [1.54, 1.807) is 10.9 Å². The summed E-state index contributed by atoms with van der Waals surface area (Å²) in [4.78, 5) is 48.0. The van der Waals surface area contributed by atoms with E-state index < -0.39 is 29.2 Å². The van der Waals surface area contributed by atoms with Crippen LogP contribution in [-0.4, -0.2) is 78.7 Å². The molecule has 0 saturated carbocycles. The summed E-state index contributed by atoms with van der Waals surface area (Å²) >= 11 is 3.92. The molecule has 5 heterocycles. The van der Waals surface area contributed by atoms with Gasteiger partial charge in [0.25, 0.3) is 11.8 Å². The van der Waals surface area contributed by atoms with Crippen molar-refractivity contribution in [2.75, 3.05) is 24.9 Å². The molecule has 3 aromatic heterocycles. The fourth-order valence-electron chi connectivity index (χ4n) is 3.99. The van der Waals surface area contributed by atoms with Crippen LogP contribution >= 0.6 is 34.9 Å². The molecule has 192 valence electrons. The maximum atomic E-state index is 13.0. The molecular weight excluding hydrogens is 542 g/mol. The van der Waals surface area contributed by atoms with Crippen molar-refractivity contribution in [3.8, 4) is 0 Å². The van der Waals surface area contributed by atoms with Crippen LogP contribution in [0.1, 0.15) is 5.69 Å². The average molecular weight is 562 g/mol. The van der Waals surface area contributed by atoms with Crippen LogP contribution in [0.5, 0.6) is 0 Å². The number of carbonyl (C=O) groups excluding carboxylic acids is 3. The second-order valence-corrected chi connectivity index (χ2v) is 10.6. The summed E-state index contributed by atoms with van der Waals surface area (Å²) in [7, 11) is 1.27. The molecule has 2 aliphatic rings. The number of hydrogen-bond donors (Lipinski definition) is 2. The Hall–Kier alpha value is -3.70. The third-order valence-corrected chi connectivity index (χ3v) is 8.28. The average Bonchev–Trinajstić information content (AvgIpc) is 3.50. The molecule has 1 saturated heterocycles. The lowest BCUT2D eigenvalue weighted by Crippen LogP contribution is -2.71. The Morgan fingerprint density at radius 2 is 2.24 bits per heavy atom. The third kappa shape index (κ3) is 4.49. The van der Waals surface area contributed by atoms with Gasteiger partial charge in [0.2, 0.25) is 6.33 Å². The summed E-state index contributed by atoms with van der Waals surface area (Å²) in [6.07, 6.45) is 3.45. The third-order valence-electron chi connectivity index (χ3n) is 5.63. The number of thiazole rings is 1. The Labute approximate surface area is 221 Å². The SMILES string of the molecule is CO/N=C(\C(=O)N[C@@H]1C(=O)N2C(C(=O)[O-])=C(Cn3cn[n+]4nc(SC)ccc34)CS[C@H]12)c1csc(N)n1. The number of carbonyl (C=O) groups is 3. The van der Waals surface area contributed by atoms with Crippen LogP contribution in [0, 0.1) is 0 Å². The van der Waals surface area contributed by atoms with Crippen LogP contribution in [0.3, 0.4) is 0 Å². The molecule has 0 spiro atoms. The first-order valence-corrected chi connectivity index (χ1v) is 13.8. The lowest BCUT2D eigenvalue weighted by Gasteiger charge is -2.50. The molecule has 37 heavy (non-hydrogen) atoms. The molecule has 2 atom stereocenters. The van der Waals surface area contributed by atoms with Crippen molar-refractivity contribution in [1.82, 2.24) is 30.0 Å². The highest BCUT2D eigenvalue weighted by Gasteiger charge is 2.53. The summed E-state index contributed by atoms with van der Waals surface area (Å²) < 4.78 is 3.20. The van der Waals surface area contributed by atoms with Gasteiger partial charge in [0.15, 0.2) is 10.8 Å². The second kappa shape index (κ2) is 9.98. The van der Waals surface area contributed by atoms with Gasteiger partial charge >= 0.3 is 5.65 Å². The van der Waals surface area contributed by atoms with Gasteiger partial charge in [-0.1, -0.05) is 5.16 Å².